The predicted molar refractivity (Wildman–Crippen MR) is 136 cm³/mol. The molecule has 188 valence electrons. The number of nitrogens with zero attached hydrogens (tertiary/aromatic N) is 6. The zero-order valence-corrected chi connectivity index (χ0v) is 21.6. The summed E-state index contributed by atoms with van der Waals surface area (Å²) in [4.78, 5) is 49.5. The highest BCUT2D eigenvalue weighted by Gasteiger charge is 2.30. The van der Waals surface area contributed by atoms with Crippen molar-refractivity contribution in [1.29, 1.82) is 0 Å². The number of nitrogens with one attached hydrogen (secondary N) is 1. The molecule has 0 unspecified atom stereocenters. The van der Waals surface area contributed by atoms with Gasteiger partial charge in [-0.1, -0.05) is 22.9 Å². The summed E-state index contributed by atoms with van der Waals surface area (Å²) < 4.78 is 10.5. The molecule has 0 aliphatic carbocycles. The number of halogens is 1. The van der Waals surface area contributed by atoms with Gasteiger partial charge in [0.25, 0.3) is 11.8 Å². The Morgan fingerprint density at radius 2 is 1.78 bits per heavy atom. The number of methoxy groups -OCH3 is 2. The first-order valence-corrected chi connectivity index (χ1v) is 12.2. The first-order valence-electron chi connectivity index (χ1n) is 11.0. The molecule has 5 heterocycles. The topological polar surface area (TPSA) is 132 Å². The number of amides is 2. The molecule has 4 aromatic heterocycles. The van der Waals surface area contributed by atoms with Crippen LogP contribution in [0.3, 0.4) is 0 Å². The molecule has 1 aliphatic rings. The molecule has 0 spiro atoms. The van der Waals surface area contributed by atoms with E-state index >= 15 is 0 Å². The van der Waals surface area contributed by atoms with Crippen LogP contribution in [-0.4, -0.2) is 55.9 Å². The van der Waals surface area contributed by atoms with Crippen LogP contribution in [0.25, 0.3) is 11.1 Å². The minimum absolute atomic E-state index is 0.0792. The van der Waals surface area contributed by atoms with Crippen LogP contribution in [0.15, 0.2) is 36.9 Å². The van der Waals surface area contributed by atoms with Crippen LogP contribution in [0.2, 0.25) is 5.15 Å². The smallest absolute Gasteiger partial charge is 0.292 e. The minimum Gasteiger partial charge on any atom is -0.494 e. The fourth-order valence-electron chi connectivity index (χ4n) is 3.83. The van der Waals surface area contributed by atoms with Crippen molar-refractivity contribution in [3.63, 3.8) is 0 Å². The third-order valence-corrected chi connectivity index (χ3v) is 6.85. The van der Waals surface area contributed by atoms with Gasteiger partial charge >= 0.3 is 0 Å². The number of thiazole rings is 1. The number of hydrogen-bond acceptors (Lipinski definition) is 10. The van der Waals surface area contributed by atoms with Gasteiger partial charge in [-0.25, -0.2) is 19.9 Å². The van der Waals surface area contributed by atoms with Crippen molar-refractivity contribution in [1.82, 2.24) is 29.8 Å². The van der Waals surface area contributed by atoms with Gasteiger partial charge in [0.15, 0.2) is 10.9 Å². The molecule has 0 fully saturated rings. The summed E-state index contributed by atoms with van der Waals surface area (Å²) in [5.41, 5.74) is 2.99. The number of pyridine rings is 2. The van der Waals surface area contributed by atoms with Gasteiger partial charge in [0.2, 0.25) is 5.82 Å². The van der Waals surface area contributed by atoms with Gasteiger partial charge in [0.1, 0.15) is 10.9 Å². The van der Waals surface area contributed by atoms with Crippen molar-refractivity contribution in [2.24, 2.45) is 0 Å². The van der Waals surface area contributed by atoms with Crippen LogP contribution < -0.4 is 14.8 Å². The summed E-state index contributed by atoms with van der Waals surface area (Å²) in [5.74, 6) is 0.332. The number of hydrogen-bond donors (Lipinski definition) is 1. The number of rotatable bonds is 6. The maximum atomic E-state index is 13.3. The number of carbonyl (C=O) groups is 2. The molecule has 1 aliphatic heterocycles. The molecule has 0 saturated heterocycles. The predicted octanol–water partition coefficient (Wildman–Crippen LogP) is 3.78. The van der Waals surface area contributed by atoms with E-state index in [0.29, 0.717) is 52.1 Å². The third kappa shape index (κ3) is 4.93. The van der Waals surface area contributed by atoms with E-state index in [-0.39, 0.29) is 22.8 Å². The second-order valence-electron chi connectivity index (χ2n) is 8.03. The molecule has 0 saturated carbocycles. The zero-order valence-electron chi connectivity index (χ0n) is 20.0. The van der Waals surface area contributed by atoms with E-state index in [4.69, 9.17) is 21.1 Å². The quantitative estimate of drug-likeness (QED) is 0.365. The lowest BCUT2D eigenvalue weighted by Gasteiger charge is -2.14. The number of ether oxygens (including phenoxy) is 2. The van der Waals surface area contributed by atoms with E-state index in [9.17, 15) is 9.59 Å². The third-order valence-electron chi connectivity index (χ3n) is 5.65. The Bertz CT molecular complexity index is 1490. The van der Waals surface area contributed by atoms with Gasteiger partial charge in [-0.15, -0.1) is 0 Å². The number of anilines is 1. The lowest BCUT2D eigenvalue weighted by atomic mass is 10.0. The number of fused-ring (bicyclic) bond motifs is 1. The Kier molecular flexibility index (Phi) is 6.68. The Balaban J connectivity index is 1.34. The van der Waals surface area contributed by atoms with Gasteiger partial charge in [0, 0.05) is 23.0 Å². The molecule has 0 atom stereocenters. The fraction of sp³-hybridized carbons (Fsp3) is 0.208. The minimum atomic E-state index is -0.385. The van der Waals surface area contributed by atoms with Crippen LogP contribution in [0, 0.1) is 6.92 Å². The summed E-state index contributed by atoms with van der Waals surface area (Å²) in [6.07, 6.45) is 5.90. The highest BCUT2D eigenvalue weighted by Crippen LogP contribution is 2.35. The van der Waals surface area contributed by atoms with Crippen LogP contribution in [0.1, 0.15) is 37.2 Å². The highest BCUT2D eigenvalue weighted by atomic mass is 35.5. The molecular formula is C24H20ClN7O4S. The number of aryl methyl sites for hydroxylation is 1. The van der Waals surface area contributed by atoms with Crippen LogP contribution in [0.4, 0.5) is 5.13 Å². The van der Waals surface area contributed by atoms with Gasteiger partial charge in [-0.2, -0.15) is 0 Å². The van der Waals surface area contributed by atoms with Gasteiger partial charge in [-0.3, -0.25) is 19.9 Å². The largest absolute Gasteiger partial charge is 0.494 e. The number of carbonyl (C=O) groups excluding carboxylic acids is 2. The second-order valence-corrected chi connectivity index (χ2v) is 9.50. The molecule has 11 nitrogen and oxygen atoms in total. The molecule has 5 rings (SSSR count). The monoisotopic (exact) mass is 537 g/mol. The summed E-state index contributed by atoms with van der Waals surface area (Å²) in [5, 5.41) is 3.55. The Morgan fingerprint density at radius 1 is 1.00 bits per heavy atom. The summed E-state index contributed by atoms with van der Waals surface area (Å²) in [6, 6.07) is 3.43. The average molecular weight is 538 g/mol. The molecule has 4 aromatic rings. The lowest BCUT2D eigenvalue weighted by molar-refractivity contribution is 0.0738. The van der Waals surface area contributed by atoms with Crippen molar-refractivity contribution in [3.8, 4) is 22.6 Å². The standard InChI is InChI=1S/C24H20ClN7O4S/c1-12-4-14(15-5-20(25)27-9-18(15)36-3)16(8-26-12)22(33)31-24-30-17-10-32(11-19(17)37-24)23(34)21-28-6-13(35-2)7-29-21/h4-9H,10-11H2,1-3H3,(H,30,31,33). The average Bonchev–Trinajstić information content (AvgIpc) is 3.47. The molecule has 13 heteroatoms. The highest BCUT2D eigenvalue weighted by molar-refractivity contribution is 7.16. The van der Waals surface area contributed by atoms with Crippen LogP contribution in [-0.2, 0) is 13.1 Å². The first kappa shape index (κ1) is 24.5. The van der Waals surface area contributed by atoms with E-state index in [2.05, 4.69) is 30.2 Å². The van der Waals surface area contributed by atoms with E-state index in [0.717, 1.165) is 10.6 Å². The van der Waals surface area contributed by atoms with Crippen molar-refractivity contribution in [2.75, 3.05) is 19.5 Å². The molecular weight excluding hydrogens is 518 g/mol. The second kappa shape index (κ2) is 10.1. The van der Waals surface area contributed by atoms with E-state index < -0.39 is 0 Å². The van der Waals surface area contributed by atoms with E-state index in [1.54, 1.807) is 17.0 Å². The summed E-state index contributed by atoms with van der Waals surface area (Å²) in [7, 11) is 3.02. The molecule has 0 bridgehead atoms. The molecule has 37 heavy (non-hydrogen) atoms. The maximum absolute atomic E-state index is 13.3. The fourth-order valence-corrected chi connectivity index (χ4v) is 4.97. The van der Waals surface area contributed by atoms with Crippen LogP contribution in [0.5, 0.6) is 11.5 Å². The normalized spacial score (nSPS) is 12.3. The zero-order chi connectivity index (χ0) is 26.1. The van der Waals surface area contributed by atoms with Gasteiger partial charge < -0.3 is 14.4 Å². The SMILES string of the molecule is COc1cnc(C(=O)N2Cc3nc(NC(=O)c4cnc(C)cc4-c4cc(Cl)ncc4OC)sc3C2)nc1. The summed E-state index contributed by atoms with van der Waals surface area (Å²) in [6.45, 7) is 2.47. The van der Waals surface area contributed by atoms with E-state index in [1.807, 2.05) is 6.92 Å². The van der Waals surface area contributed by atoms with Crippen LogP contribution >= 0.6 is 22.9 Å². The maximum Gasteiger partial charge on any atom is 0.292 e. The molecule has 0 radical (unpaired) electrons. The molecule has 1 N–H and O–H groups in total. The van der Waals surface area contributed by atoms with E-state index in [1.165, 1.54) is 50.3 Å². The van der Waals surface area contributed by atoms with Crippen molar-refractivity contribution in [3.05, 3.63) is 69.7 Å². The Labute approximate surface area is 220 Å². The van der Waals surface area contributed by atoms with Crippen molar-refractivity contribution < 1.29 is 19.1 Å². The van der Waals surface area contributed by atoms with Gasteiger partial charge in [0.05, 0.1) is 62.0 Å². The van der Waals surface area contributed by atoms with Crippen molar-refractivity contribution >= 4 is 39.9 Å². The number of aromatic nitrogens is 5. The van der Waals surface area contributed by atoms with Gasteiger partial charge in [-0.05, 0) is 19.1 Å². The molecule has 0 aromatic carbocycles. The first-order chi connectivity index (χ1) is 17.9. The lowest BCUT2D eigenvalue weighted by Crippen LogP contribution is -2.27. The Hall–Kier alpha value is -4.16. The Morgan fingerprint density at radius 3 is 2.49 bits per heavy atom. The summed E-state index contributed by atoms with van der Waals surface area (Å²) >= 11 is 7.43. The van der Waals surface area contributed by atoms with Crippen molar-refractivity contribution in [2.45, 2.75) is 20.0 Å². The molecule has 2 amide bonds.